The number of aromatic nitrogens is 2. The molecule has 0 bridgehead atoms. The first-order valence-electron chi connectivity index (χ1n) is 5.37. The van der Waals surface area contributed by atoms with E-state index in [9.17, 15) is 0 Å². The van der Waals surface area contributed by atoms with Gasteiger partial charge in [-0.1, -0.05) is 35.3 Å². The molecule has 0 unspecified atom stereocenters. The van der Waals surface area contributed by atoms with E-state index in [1.165, 1.54) is 5.56 Å². The van der Waals surface area contributed by atoms with Crippen LogP contribution in [0.25, 0.3) is 0 Å². The monoisotopic (exact) mass is 266 g/mol. The van der Waals surface area contributed by atoms with Gasteiger partial charge < -0.3 is 0 Å². The molecule has 1 aromatic carbocycles. The zero-order valence-electron chi connectivity index (χ0n) is 9.45. The van der Waals surface area contributed by atoms with Crippen LogP contribution in [0.1, 0.15) is 17.0 Å². The highest BCUT2D eigenvalue weighted by molar-refractivity contribution is 6.30. The summed E-state index contributed by atoms with van der Waals surface area (Å²) in [4.78, 5) is 8.48. The minimum Gasteiger partial charge on any atom is -0.241 e. The number of benzene rings is 1. The Labute approximate surface area is 111 Å². The Kier molecular flexibility index (Phi) is 3.97. The summed E-state index contributed by atoms with van der Waals surface area (Å²) in [7, 11) is 0. The maximum Gasteiger partial charge on any atom is 0.135 e. The second-order valence-electron chi connectivity index (χ2n) is 3.89. The first-order chi connectivity index (χ1) is 8.15. The zero-order valence-corrected chi connectivity index (χ0v) is 11.0. The molecule has 2 aromatic rings. The van der Waals surface area contributed by atoms with E-state index in [1.54, 1.807) is 6.20 Å². The van der Waals surface area contributed by atoms with Crippen molar-refractivity contribution in [1.29, 1.82) is 0 Å². The second-order valence-corrected chi connectivity index (χ2v) is 4.68. The van der Waals surface area contributed by atoms with Crippen LogP contribution in [0.4, 0.5) is 0 Å². The highest BCUT2D eigenvalue weighted by atomic mass is 35.5. The third-order valence-corrected chi connectivity index (χ3v) is 3.10. The number of aryl methyl sites for hydroxylation is 3. The van der Waals surface area contributed by atoms with Crippen molar-refractivity contribution >= 4 is 23.2 Å². The van der Waals surface area contributed by atoms with Gasteiger partial charge in [-0.25, -0.2) is 9.97 Å². The first kappa shape index (κ1) is 12.3. The average molecular weight is 267 g/mol. The highest BCUT2D eigenvalue weighted by Crippen LogP contribution is 2.14. The van der Waals surface area contributed by atoms with E-state index in [4.69, 9.17) is 23.2 Å². The number of halogens is 2. The molecule has 0 saturated heterocycles. The van der Waals surface area contributed by atoms with Gasteiger partial charge in [-0.3, -0.25) is 0 Å². The van der Waals surface area contributed by atoms with Crippen LogP contribution in [0, 0.1) is 6.92 Å². The molecule has 4 heteroatoms. The Morgan fingerprint density at radius 3 is 2.71 bits per heavy atom. The molecular formula is C13H12Cl2N2. The SMILES string of the molecule is Cc1cnc(CCc2cccc(Cl)c2)nc1Cl. The van der Waals surface area contributed by atoms with E-state index >= 15 is 0 Å². The van der Waals surface area contributed by atoms with Crippen molar-refractivity contribution in [1.82, 2.24) is 9.97 Å². The number of nitrogens with zero attached hydrogens (tertiary/aromatic N) is 2. The van der Waals surface area contributed by atoms with E-state index in [0.29, 0.717) is 5.15 Å². The molecular weight excluding hydrogens is 255 g/mol. The fraction of sp³-hybridized carbons (Fsp3) is 0.231. The summed E-state index contributed by atoms with van der Waals surface area (Å²) in [6.07, 6.45) is 3.38. The average Bonchev–Trinajstić information content (AvgIpc) is 2.31. The molecule has 1 aromatic heterocycles. The molecule has 2 nitrogen and oxygen atoms in total. The van der Waals surface area contributed by atoms with Crippen molar-refractivity contribution in [3.8, 4) is 0 Å². The molecule has 2 rings (SSSR count). The van der Waals surface area contributed by atoms with Gasteiger partial charge in [0.15, 0.2) is 0 Å². The predicted molar refractivity (Wildman–Crippen MR) is 70.6 cm³/mol. The largest absolute Gasteiger partial charge is 0.241 e. The third kappa shape index (κ3) is 3.42. The number of hydrogen-bond donors (Lipinski definition) is 0. The van der Waals surface area contributed by atoms with Gasteiger partial charge in [-0.15, -0.1) is 0 Å². The minimum atomic E-state index is 0.529. The lowest BCUT2D eigenvalue weighted by molar-refractivity contribution is 0.853. The molecule has 17 heavy (non-hydrogen) atoms. The molecule has 0 spiro atoms. The summed E-state index contributed by atoms with van der Waals surface area (Å²) < 4.78 is 0. The minimum absolute atomic E-state index is 0.529. The standard InChI is InChI=1S/C13H12Cl2N2/c1-9-8-16-12(17-13(9)15)6-5-10-3-2-4-11(14)7-10/h2-4,7-8H,5-6H2,1H3. The van der Waals surface area contributed by atoms with Crippen molar-refractivity contribution < 1.29 is 0 Å². The lowest BCUT2D eigenvalue weighted by Crippen LogP contribution is -1.99. The van der Waals surface area contributed by atoms with Gasteiger partial charge in [-0.2, -0.15) is 0 Å². The van der Waals surface area contributed by atoms with Gasteiger partial charge in [0.1, 0.15) is 11.0 Å². The topological polar surface area (TPSA) is 25.8 Å². The van der Waals surface area contributed by atoms with Crippen LogP contribution in [0.5, 0.6) is 0 Å². The first-order valence-corrected chi connectivity index (χ1v) is 6.13. The number of rotatable bonds is 3. The molecule has 0 saturated carbocycles. The highest BCUT2D eigenvalue weighted by Gasteiger charge is 2.02. The fourth-order valence-electron chi connectivity index (χ4n) is 1.52. The number of hydrogen-bond acceptors (Lipinski definition) is 2. The van der Waals surface area contributed by atoms with Gasteiger partial charge >= 0.3 is 0 Å². The van der Waals surface area contributed by atoms with E-state index in [2.05, 4.69) is 9.97 Å². The molecule has 0 fully saturated rings. The quantitative estimate of drug-likeness (QED) is 0.789. The molecule has 0 radical (unpaired) electrons. The lowest BCUT2D eigenvalue weighted by Gasteiger charge is -2.03. The molecule has 0 aliphatic rings. The fourth-order valence-corrected chi connectivity index (χ4v) is 1.88. The van der Waals surface area contributed by atoms with Gasteiger partial charge in [0, 0.05) is 23.2 Å². The van der Waals surface area contributed by atoms with Crippen molar-refractivity contribution in [2.45, 2.75) is 19.8 Å². The second kappa shape index (κ2) is 5.48. The van der Waals surface area contributed by atoms with Crippen LogP contribution >= 0.6 is 23.2 Å². The van der Waals surface area contributed by atoms with Crippen molar-refractivity contribution in [2.75, 3.05) is 0 Å². The van der Waals surface area contributed by atoms with E-state index in [-0.39, 0.29) is 0 Å². The normalized spacial score (nSPS) is 10.5. The van der Waals surface area contributed by atoms with Crippen molar-refractivity contribution in [2.24, 2.45) is 0 Å². The van der Waals surface area contributed by atoms with Crippen LogP contribution in [-0.4, -0.2) is 9.97 Å². The summed E-state index contributed by atoms with van der Waals surface area (Å²) in [5, 5.41) is 1.28. The van der Waals surface area contributed by atoms with Crippen LogP contribution in [0.2, 0.25) is 10.2 Å². The summed E-state index contributed by atoms with van der Waals surface area (Å²) >= 11 is 11.9. The van der Waals surface area contributed by atoms with Crippen molar-refractivity contribution in [3.63, 3.8) is 0 Å². The lowest BCUT2D eigenvalue weighted by atomic mass is 10.1. The summed E-state index contributed by atoms with van der Waals surface area (Å²) in [6.45, 7) is 1.89. The van der Waals surface area contributed by atoms with Crippen LogP contribution in [-0.2, 0) is 12.8 Å². The molecule has 88 valence electrons. The molecule has 0 atom stereocenters. The van der Waals surface area contributed by atoms with Gasteiger partial charge in [-0.05, 0) is 31.0 Å². The Balaban J connectivity index is 2.05. The molecule has 0 aliphatic carbocycles. The van der Waals surface area contributed by atoms with E-state index in [0.717, 1.165) is 29.3 Å². The smallest absolute Gasteiger partial charge is 0.135 e. The van der Waals surface area contributed by atoms with E-state index < -0.39 is 0 Å². The zero-order chi connectivity index (χ0) is 12.3. The van der Waals surface area contributed by atoms with Crippen LogP contribution in [0.15, 0.2) is 30.5 Å². The van der Waals surface area contributed by atoms with Crippen molar-refractivity contribution in [3.05, 3.63) is 57.6 Å². The molecule has 0 N–H and O–H groups in total. The Hall–Kier alpha value is -1.12. The van der Waals surface area contributed by atoms with Crippen LogP contribution < -0.4 is 0 Å². The summed E-state index contributed by atoms with van der Waals surface area (Å²) in [6, 6.07) is 7.81. The predicted octanol–water partition coefficient (Wildman–Crippen LogP) is 3.88. The Bertz CT molecular complexity index is 527. The van der Waals surface area contributed by atoms with Gasteiger partial charge in [0.2, 0.25) is 0 Å². The molecule has 0 aliphatic heterocycles. The summed E-state index contributed by atoms with van der Waals surface area (Å²) in [5.74, 6) is 0.764. The van der Waals surface area contributed by atoms with Gasteiger partial charge in [0.25, 0.3) is 0 Å². The van der Waals surface area contributed by atoms with E-state index in [1.807, 2.05) is 31.2 Å². The van der Waals surface area contributed by atoms with Gasteiger partial charge in [0.05, 0.1) is 0 Å². The third-order valence-electron chi connectivity index (χ3n) is 2.49. The Morgan fingerprint density at radius 2 is 2.00 bits per heavy atom. The maximum atomic E-state index is 5.95. The maximum absolute atomic E-state index is 5.95. The summed E-state index contributed by atoms with van der Waals surface area (Å²) in [5.41, 5.74) is 2.08. The molecule has 0 amide bonds. The molecule has 1 heterocycles. The van der Waals surface area contributed by atoms with Crippen LogP contribution in [0.3, 0.4) is 0 Å². The Morgan fingerprint density at radius 1 is 1.18 bits per heavy atom.